The molecule has 2 N–H and O–H groups in total. The smallest absolute Gasteiger partial charge is 0.262 e. The van der Waals surface area contributed by atoms with E-state index in [2.05, 4.69) is 15.8 Å². The number of para-hydroxylation sites is 1. The number of nitrogens with zero attached hydrogens (tertiary/aromatic N) is 1. The molecule has 0 aliphatic rings. The number of hydrogen-bond donors (Lipinski definition) is 2. The van der Waals surface area contributed by atoms with Crippen LogP contribution in [0.15, 0.2) is 84.0 Å². The Morgan fingerprint density at radius 3 is 2.43 bits per heavy atom. The molecule has 1 amide bonds. The average Bonchev–Trinajstić information content (AvgIpc) is 2.76. The monoisotopic (exact) mass is 403 g/mol. The van der Waals surface area contributed by atoms with Gasteiger partial charge in [-0.3, -0.25) is 4.79 Å². The normalized spacial score (nSPS) is 11.7. The first-order chi connectivity index (χ1) is 14.6. The zero-order valence-corrected chi connectivity index (χ0v) is 17.0. The highest BCUT2D eigenvalue weighted by atomic mass is 16.5. The fraction of sp³-hybridized carbons (Fsp3) is 0.167. The van der Waals surface area contributed by atoms with Gasteiger partial charge in [-0.1, -0.05) is 30.3 Å². The summed E-state index contributed by atoms with van der Waals surface area (Å²) in [5.41, 5.74) is 4.20. The van der Waals surface area contributed by atoms with Gasteiger partial charge in [0, 0.05) is 5.69 Å². The van der Waals surface area contributed by atoms with Crippen molar-refractivity contribution in [3.8, 4) is 17.2 Å². The molecule has 3 aromatic rings. The Hall–Kier alpha value is -3.80. The van der Waals surface area contributed by atoms with E-state index < -0.39 is 6.04 Å². The first-order valence-electron chi connectivity index (χ1n) is 9.79. The number of carbonyl (C=O) groups is 1. The standard InChI is InChI=1S/C24H25N3O3/c1-3-29-21-14-12-20(13-15-21)26-18(2)24(28)27-25-17-19-8-7-11-23(16-19)30-22-9-5-4-6-10-22/h4-18,26H,3H2,1-2H3,(H,27,28)/b25-17+. The number of rotatable bonds is 9. The quantitative estimate of drug-likeness (QED) is 0.397. The summed E-state index contributed by atoms with van der Waals surface area (Å²) < 4.78 is 11.2. The summed E-state index contributed by atoms with van der Waals surface area (Å²) in [6.07, 6.45) is 1.58. The molecule has 3 aromatic carbocycles. The largest absolute Gasteiger partial charge is 0.494 e. The maximum atomic E-state index is 12.3. The summed E-state index contributed by atoms with van der Waals surface area (Å²) in [4.78, 5) is 12.3. The summed E-state index contributed by atoms with van der Waals surface area (Å²) in [6, 6.07) is 24.0. The van der Waals surface area contributed by atoms with Gasteiger partial charge in [0.25, 0.3) is 5.91 Å². The third kappa shape index (κ3) is 6.38. The molecule has 0 saturated carbocycles. The SMILES string of the molecule is CCOc1ccc(NC(C)C(=O)N/N=C/c2cccc(Oc3ccccc3)c2)cc1. The van der Waals surface area contributed by atoms with Crippen molar-refractivity contribution in [3.05, 3.63) is 84.4 Å². The van der Waals surface area contributed by atoms with Gasteiger partial charge in [-0.15, -0.1) is 0 Å². The molecule has 0 saturated heterocycles. The van der Waals surface area contributed by atoms with Crippen LogP contribution in [0.1, 0.15) is 19.4 Å². The number of hydrogen-bond acceptors (Lipinski definition) is 5. The van der Waals surface area contributed by atoms with Gasteiger partial charge in [0.2, 0.25) is 0 Å². The molecule has 0 heterocycles. The van der Waals surface area contributed by atoms with Crippen molar-refractivity contribution >= 4 is 17.8 Å². The highest BCUT2D eigenvalue weighted by molar-refractivity contribution is 5.86. The van der Waals surface area contributed by atoms with E-state index in [0.29, 0.717) is 12.4 Å². The van der Waals surface area contributed by atoms with Gasteiger partial charge in [-0.2, -0.15) is 5.10 Å². The van der Waals surface area contributed by atoms with Gasteiger partial charge in [0.15, 0.2) is 0 Å². The third-order valence-electron chi connectivity index (χ3n) is 4.17. The molecule has 1 unspecified atom stereocenters. The van der Waals surface area contributed by atoms with Crippen LogP contribution in [0.5, 0.6) is 17.2 Å². The average molecular weight is 403 g/mol. The van der Waals surface area contributed by atoms with Gasteiger partial charge < -0.3 is 14.8 Å². The molecule has 0 fully saturated rings. The van der Waals surface area contributed by atoms with Crippen molar-refractivity contribution in [2.75, 3.05) is 11.9 Å². The molecule has 6 nitrogen and oxygen atoms in total. The highest BCUT2D eigenvalue weighted by Gasteiger charge is 2.11. The zero-order chi connectivity index (χ0) is 21.2. The van der Waals surface area contributed by atoms with Crippen LogP contribution in [0, 0.1) is 0 Å². The Kier molecular flexibility index (Phi) is 7.44. The van der Waals surface area contributed by atoms with Crippen LogP contribution < -0.4 is 20.2 Å². The topological polar surface area (TPSA) is 72.0 Å². The minimum atomic E-state index is -0.451. The van der Waals surface area contributed by atoms with Crippen molar-refractivity contribution in [2.45, 2.75) is 19.9 Å². The summed E-state index contributed by atoms with van der Waals surface area (Å²) in [5.74, 6) is 2.01. The van der Waals surface area contributed by atoms with Crippen LogP contribution in [0.3, 0.4) is 0 Å². The van der Waals surface area contributed by atoms with E-state index in [0.717, 1.165) is 22.7 Å². The molecule has 1 atom stereocenters. The fourth-order valence-electron chi connectivity index (χ4n) is 2.68. The molecule has 0 aliphatic carbocycles. The van der Waals surface area contributed by atoms with Crippen molar-refractivity contribution in [2.24, 2.45) is 5.10 Å². The molecule has 154 valence electrons. The van der Waals surface area contributed by atoms with E-state index in [4.69, 9.17) is 9.47 Å². The Morgan fingerprint density at radius 2 is 1.70 bits per heavy atom. The molecule has 0 aromatic heterocycles. The molecule has 3 rings (SSSR count). The molecule has 0 radical (unpaired) electrons. The number of carbonyl (C=O) groups excluding carboxylic acids is 1. The van der Waals surface area contributed by atoms with E-state index in [1.807, 2.05) is 85.8 Å². The first-order valence-corrected chi connectivity index (χ1v) is 9.79. The predicted molar refractivity (Wildman–Crippen MR) is 119 cm³/mol. The summed E-state index contributed by atoms with van der Waals surface area (Å²) in [5, 5.41) is 7.19. The molecule has 6 heteroatoms. The lowest BCUT2D eigenvalue weighted by atomic mass is 10.2. The molecule has 0 spiro atoms. The van der Waals surface area contributed by atoms with Crippen LogP contribution in [-0.2, 0) is 4.79 Å². The number of amides is 1. The Bertz CT molecular complexity index is 973. The van der Waals surface area contributed by atoms with E-state index in [1.165, 1.54) is 0 Å². The first kappa shape index (κ1) is 20.9. The third-order valence-corrected chi connectivity index (χ3v) is 4.17. The van der Waals surface area contributed by atoms with E-state index in [9.17, 15) is 4.79 Å². The van der Waals surface area contributed by atoms with Crippen LogP contribution in [0.25, 0.3) is 0 Å². The molecule has 0 aliphatic heterocycles. The summed E-state index contributed by atoms with van der Waals surface area (Å²) in [6.45, 7) is 4.33. The van der Waals surface area contributed by atoms with E-state index >= 15 is 0 Å². The lowest BCUT2D eigenvalue weighted by Crippen LogP contribution is -2.34. The van der Waals surface area contributed by atoms with Crippen LogP contribution in [-0.4, -0.2) is 24.8 Å². The maximum absolute atomic E-state index is 12.3. The Labute approximate surface area is 176 Å². The van der Waals surface area contributed by atoms with Gasteiger partial charge >= 0.3 is 0 Å². The van der Waals surface area contributed by atoms with E-state index in [1.54, 1.807) is 13.1 Å². The van der Waals surface area contributed by atoms with Crippen LogP contribution in [0.4, 0.5) is 5.69 Å². The minimum absolute atomic E-state index is 0.239. The lowest BCUT2D eigenvalue weighted by Gasteiger charge is -2.14. The van der Waals surface area contributed by atoms with Crippen molar-refractivity contribution in [1.82, 2.24) is 5.43 Å². The van der Waals surface area contributed by atoms with Crippen molar-refractivity contribution < 1.29 is 14.3 Å². The Morgan fingerprint density at radius 1 is 0.967 bits per heavy atom. The second kappa shape index (κ2) is 10.7. The van der Waals surface area contributed by atoms with Crippen LogP contribution >= 0.6 is 0 Å². The number of benzene rings is 3. The van der Waals surface area contributed by atoms with Gasteiger partial charge in [-0.25, -0.2) is 5.43 Å². The highest BCUT2D eigenvalue weighted by Crippen LogP contribution is 2.21. The Balaban J connectivity index is 1.51. The minimum Gasteiger partial charge on any atom is -0.494 e. The number of anilines is 1. The van der Waals surface area contributed by atoms with E-state index in [-0.39, 0.29) is 5.91 Å². The lowest BCUT2D eigenvalue weighted by molar-refractivity contribution is -0.121. The summed E-state index contributed by atoms with van der Waals surface area (Å²) in [7, 11) is 0. The molecule has 30 heavy (non-hydrogen) atoms. The number of nitrogens with one attached hydrogen (secondary N) is 2. The van der Waals surface area contributed by atoms with Gasteiger partial charge in [0.1, 0.15) is 23.3 Å². The maximum Gasteiger partial charge on any atom is 0.262 e. The van der Waals surface area contributed by atoms with Crippen molar-refractivity contribution in [3.63, 3.8) is 0 Å². The van der Waals surface area contributed by atoms with Gasteiger partial charge in [0.05, 0.1) is 12.8 Å². The molecular weight excluding hydrogens is 378 g/mol. The zero-order valence-electron chi connectivity index (χ0n) is 17.0. The second-order valence-electron chi connectivity index (χ2n) is 6.55. The summed E-state index contributed by atoms with van der Waals surface area (Å²) >= 11 is 0. The fourth-order valence-corrected chi connectivity index (χ4v) is 2.68. The van der Waals surface area contributed by atoms with Gasteiger partial charge in [-0.05, 0) is 67.9 Å². The second-order valence-corrected chi connectivity index (χ2v) is 6.55. The molecular formula is C24H25N3O3. The molecule has 0 bridgehead atoms. The van der Waals surface area contributed by atoms with Crippen molar-refractivity contribution in [1.29, 1.82) is 0 Å². The number of hydrazone groups is 1. The number of ether oxygens (including phenoxy) is 2. The van der Waals surface area contributed by atoms with Crippen LogP contribution in [0.2, 0.25) is 0 Å². The predicted octanol–water partition coefficient (Wildman–Crippen LogP) is 4.83.